The molecule has 24 heavy (non-hydrogen) atoms. The molecule has 0 unspecified atom stereocenters. The van der Waals surface area contributed by atoms with Crippen molar-refractivity contribution < 1.29 is 9.90 Å². The highest BCUT2D eigenvalue weighted by atomic mass is 16.4. The van der Waals surface area contributed by atoms with E-state index in [4.69, 9.17) is 0 Å². The van der Waals surface area contributed by atoms with Gasteiger partial charge in [0.2, 0.25) is 0 Å². The molecule has 0 aliphatic heterocycles. The molecule has 1 aliphatic carbocycles. The van der Waals surface area contributed by atoms with E-state index in [0.717, 1.165) is 18.4 Å². The molecule has 0 fully saturated rings. The van der Waals surface area contributed by atoms with Crippen LogP contribution in [0.2, 0.25) is 0 Å². The lowest BCUT2D eigenvalue weighted by molar-refractivity contribution is 0.0695. The van der Waals surface area contributed by atoms with Crippen molar-refractivity contribution in [3.05, 3.63) is 70.4 Å². The molecule has 122 valence electrons. The minimum atomic E-state index is -0.855. The Morgan fingerprint density at radius 3 is 2.75 bits per heavy atom. The smallest absolute Gasteiger partial charge is 0.336 e. The number of hydrogen-bond acceptors (Lipinski definition) is 1. The predicted molar refractivity (Wildman–Crippen MR) is 95.8 cm³/mol. The average molecular weight is 319 g/mol. The van der Waals surface area contributed by atoms with E-state index < -0.39 is 5.97 Å². The average Bonchev–Trinajstić information content (AvgIpc) is 2.89. The van der Waals surface area contributed by atoms with Crippen LogP contribution in [0.4, 0.5) is 0 Å². The molecule has 0 amide bonds. The Morgan fingerprint density at radius 2 is 1.92 bits per heavy atom. The molecule has 0 bridgehead atoms. The van der Waals surface area contributed by atoms with E-state index in [9.17, 15) is 9.90 Å². The summed E-state index contributed by atoms with van der Waals surface area (Å²) < 4.78 is 2.35. The zero-order valence-corrected chi connectivity index (χ0v) is 13.9. The van der Waals surface area contributed by atoms with Gasteiger partial charge in [-0.25, -0.2) is 4.79 Å². The number of fused-ring (bicyclic) bond motifs is 3. The standard InChI is InChI=1S/C21H21NO2/c1-14-10-11-18-17-8-4-5-9-19(17)22(20(18)12-14)13-15-6-2-3-7-16(15)21(23)24/h2-3,6-7,10-12H,4-5,8-9,13H2,1H3,(H,23,24). The monoisotopic (exact) mass is 319 g/mol. The van der Waals surface area contributed by atoms with Crippen molar-refractivity contribution in [2.75, 3.05) is 0 Å². The van der Waals surface area contributed by atoms with Crippen molar-refractivity contribution >= 4 is 16.9 Å². The van der Waals surface area contributed by atoms with Crippen LogP contribution in [0.15, 0.2) is 42.5 Å². The fourth-order valence-electron chi connectivity index (χ4n) is 3.96. The van der Waals surface area contributed by atoms with Gasteiger partial charge in [-0.15, -0.1) is 0 Å². The lowest BCUT2D eigenvalue weighted by Gasteiger charge is -2.17. The highest BCUT2D eigenvalue weighted by molar-refractivity contribution is 5.90. The molecule has 4 rings (SSSR count). The number of carbonyl (C=O) groups is 1. The van der Waals surface area contributed by atoms with Gasteiger partial charge >= 0.3 is 5.97 Å². The van der Waals surface area contributed by atoms with Gasteiger partial charge in [-0.1, -0.05) is 30.3 Å². The molecule has 0 saturated heterocycles. The van der Waals surface area contributed by atoms with Gasteiger partial charge in [0.1, 0.15) is 0 Å². The second-order valence-electron chi connectivity index (χ2n) is 6.70. The predicted octanol–water partition coefficient (Wildman–Crippen LogP) is 4.58. The number of aromatic nitrogens is 1. The van der Waals surface area contributed by atoms with Gasteiger partial charge in [-0.2, -0.15) is 0 Å². The Kier molecular flexibility index (Phi) is 3.64. The van der Waals surface area contributed by atoms with Crippen molar-refractivity contribution in [3.8, 4) is 0 Å². The number of aromatic carboxylic acids is 1. The third kappa shape index (κ3) is 2.41. The molecule has 0 saturated carbocycles. The van der Waals surface area contributed by atoms with Gasteiger partial charge < -0.3 is 9.67 Å². The Bertz CT molecular complexity index is 936. The van der Waals surface area contributed by atoms with E-state index >= 15 is 0 Å². The van der Waals surface area contributed by atoms with Gasteiger partial charge in [0, 0.05) is 23.1 Å². The quantitative estimate of drug-likeness (QED) is 0.768. The number of rotatable bonds is 3. The number of carboxylic acid groups (broad SMARTS) is 1. The topological polar surface area (TPSA) is 42.2 Å². The molecule has 3 aromatic rings. The van der Waals surface area contributed by atoms with Gasteiger partial charge in [0.05, 0.1) is 5.56 Å². The Labute approximate surface area is 141 Å². The molecule has 2 aromatic carbocycles. The number of nitrogens with zero attached hydrogens (tertiary/aromatic N) is 1. The molecular formula is C21H21NO2. The molecule has 1 N–H and O–H groups in total. The Balaban J connectivity index is 1.91. The van der Waals surface area contributed by atoms with Crippen molar-refractivity contribution in [2.45, 2.75) is 39.2 Å². The van der Waals surface area contributed by atoms with Crippen LogP contribution in [-0.2, 0) is 19.4 Å². The first-order valence-electron chi connectivity index (χ1n) is 8.57. The summed E-state index contributed by atoms with van der Waals surface area (Å²) in [6.07, 6.45) is 4.66. The summed E-state index contributed by atoms with van der Waals surface area (Å²) in [5.74, 6) is -0.855. The van der Waals surface area contributed by atoms with Crippen molar-refractivity contribution in [2.24, 2.45) is 0 Å². The summed E-state index contributed by atoms with van der Waals surface area (Å²) >= 11 is 0. The zero-order valence-electron chi connectivity index (χ0n) is 13.9. The van der Waals surface area contributed by atoms with E-state index in [1.807, 2.05) is 12.1 Å². The van der Waals surface area contributed by atoms with E-state index in [1.165, 1.54) is 40.6 Å². The van der Waals surface area contributed by atoms with Crippen LogP contribution in [0, 0.1) is 6.92 Å². The Hall–Kier alpha value is -2.55. The van der Waals surface area contributed by atoms with E-state index in [0.29, 0.717) is 12.1 Å². The summed E-state index contributed by atoms with van der Waals surface area (Å²) in [5, 5.41) is 10.8. The number of benzene rings is 2. The first kappa shape index (κ1) is 15.0. The zero-order chi connectivity index (χ0) is 16.7. The summed E-state index contributed by atoms with van der Waals surface area (Å²) in [7, 11) is 0. The first-order valence-corrected chi connectivity index (χ1v) is 8.57. The van der Waals surface area contributed by atoms with Crippen molar-refractivity contribution in [1.29, 1.82) is 0 Å². The lowest BCUT2D eigenvalue weighted by Crippen LogP contribution is -2.12. The van der Waals surface area contributed by atoms with Crippen molar-refractivity contribution in [1.82, 2.24) is 4.57 Å². The van der Waals surface area contributed by atoms with Crippen LogP contribution in [-0.4, -0.2) is 15.6 Å². The number of aryl methyl sites for hydroxylation is 2. The second-order valence-corrected chi connectivity index (χ2v) is 6.70. The third-order valence-corrected chi connectivity index (χ3v) is 5.11. The van der Waals surface area contributed by atoms with Gasteiger partial charge in [0.15, 0.2) is 0 Å². The van der Waals surface area contributed by atoms with Crippen LogP contribution in [0.25, 0.3) is 10.9 Å². The normalized spacial score (nSPS) is 13.9. The molecule has 1 aliphatic rings. The minimum absolute atomic E-state index is 0.400. The van der Waals surface area contributed by atoms with Crippen LogP contribution in [0.5, 0.6) is 0 Å². The van der Waals surface area contributed by atoms with Gasteiger partial charge in [-0.3, -0.25) is 0 Å². The second kappa shape index (κ2) is 5.82. The molecule has 1 aromatic heterocycles. The maximum absolute atomic E-state index is 11.5. The molecule has 3 heteroatoms. The first-order chi connectivity index (χ1) is 11.6. The third-order valence-electron chi connectivity index (χ3n) is 5.11. The van der Waals surface area contributed by atoms with Gasteiger partial charge in [-0.05, 0) is 61.4 Å². The maximum atomic E-state index is 11.5. The SMILES string of the molecule is Cc1ccc2c3c(n(Cc4ccccc4C(=O)O)c2c1)CCCC3. The molecule has 0 atom stereocenters. The van der Waals surface area contributed by atoms with Crippen molar-refractivity contribution in [3.63, 3.8) is 0 Å². The summed E-state index contributed by atoms with van der Waals surface area (Å²) in [4.78, 5) is 11.5. The number of hydrogen-bond donors (Lipinski definition) is 1. The summed E-state index contributed by atoms with van der Waals surface area (Å²) in [6.45, 7) is 2.73. The molecule has 1 heterocycles. The highest BCUT2D eigenvalue weighted by Crippen LogP contribution is 2.33. The maximum Gasteiger partial charge on any atom is 0.336 e. The fourth-order valence-corrected chi connectivity index (χ4v) is 3.96. The molecule has 0 radical (unpaired) electrons. The highest BCUT2D eigenvalue weighted by Gasteiger charge is 2.21. The summed E-state index contributed by atoms with van der Waals surface area (Å²) in [6, 6.07) is 14.0. The van der Waals surface area contributed by atoms with E-state index in [-0.39, 0.29) is 0 Å². The molecule has 0 spiro atoms. The van der Waals surface area contributed by atoms with Crippen LogP contribution in [0.3, 0.4) is 0 Å². The Morgan fingerprint density at radius 1 is 1.12 bits per heavy atom. The van der Waals surface area contributed by atoms with E-state index in [2.05, 4.69) is 29.7 Å². The van der Waals surface area contributed by atoms with Crippen LogP contribution in [0.1, 0.15) is 45.6 Å². The fraction of sp³-hybridized carbons (Fsp3) is 0.286. The lowest BCUT2D eigenvalue weighted by atomic mass is 9.95. The number of carboxylic acids is 1. The minimum Gasteiger partial charge on any atom is -0.478 e. The van der Waals surface area contributed by atoms with E-state index in [1.54, 1.807) is 12.1 Å². The molecule has 3 nitrogen and oxygen atoms in total. The van der Waals surface area contributed by atoms with Gasteiger partial charge in [0.25, 0.3) is 0 Å². The summed E-state index contributed by atoms with van der Waals surface area (Å²) in [5.41, 5.74) is 6.60. The van der Waals surface area contributed by atoms with Crippen LogP contribution < -0.4 is 0 Å². The molecular weight excluding hydrogens is 298 g/mol. The van der Waals surface area contributed by atoms with Crippen LogP contribution >= 0.6 is 0 Å². The largest absolute Gasteiger partial charge is 0.478 e.